The van der Waals surface area contributed by atoms with E-state index in [1.807, 2.05) is 39.0 Å². The molecule has 0 saturated heterocycles. The number of nitrogens with one attached hydrogen (secondary N) is 1. The molecule has 0 aliphatic heterocycles. The molecule has 1 N–H and O–H groups in total. The lowest BCUT2D eigenvalue weighted by molar-refractivity contribution is 0.0939. The molecule has 1 atom stereocenters. The van der Waals surface area contributed by atoms with Gasteiger partial charge in [-0.25, -0.2) is 4.98 Å². The Morgan fingerprint density at radius 1 is 1.16 bits per heavy atom. The van der Waals surface area contributed by atoms with Crippen molar-refractivity contribution < 1.29 is 14.3 Å². The quantitative estimate of drug-likeness (QED) is 0.706. The lowest BCUT2D eigenvalue weighted by atomic mass is 10.1. The first-order valence-corrected chi connectivity index (χ1v) is 8.73. The Morgan fingerprint density at radius 3 is 2.48 bits per heavy atom. The summed E-state index contributed by atoms with van der Waals surface area (Å²) in [5.41, 5.74) is 1.24. The first kappa shape index (κ1) is 19.3. The number of carbonyl (C=O) groups is 1. The number of ether oxygens (including phenoxy) is 2. The van der Waals surface area contributed by atoms with Crippen LogP contribution in [0.25, 0.3) is 0 Å². The molecule has 0 radical (unpaired) electrons. The standard InChI is InChI=1S/C18H20Cl2N2O3/c1-4-24-15-7-6-12(9-16(15)25-5-2)11(3)22-18(23)13-8-14(19)17(20)21-10-13/h6-11H,4-5H2,1-3H3,(H,22,23)/t11-/m1/s1. The van der Waals surface area contributed by atoms with Crippen LogP contribution in [0.5, 0.6) is 11.5 Å². The summed E-state index contributed by atoms with van der Waals surface area (Å²) in [7, 11) is 0. The molecule has 0 unspecified atom stereocenters. The number of rotatable bonds is 7. The lowest BCUT2D eigenvalue weighted by Crippen LogP contribution is -2.26. The van der Waals surface area contributed by atoms with E-state index < -0.39 is 0 Å². The molecule has 1 amide bonds. The molecule has 0 spiro atoms. The number of amides is 1. The fraction of sp³-hybridized carbons (Fsp3) is 0.333. The molecule has 0 aliphatic carbocycles. The van der Waals surface area contributed by atoms with E-state index in [9.17, 15) is 4.79 Å². The van der Waals surface area contributed by atoms with Gasteiger partial charge in [0, 0.05) is 6.20 Å². The summed E-state index contributed by atoms with van der Waals surface area (Å²) in [6.45, 7) is 6.78. The van der Waals surface area contributed by atoms with Gasteiger partial charge in [-0.15, -0.1) is 0 Å². The number of aromatic nitrogens is 1. The van der Waals surface area contributed by atoms with Gasteiger partial charge in [0.25, 0.3) is 5.91 Å². The summed E-state index contributed by atoms with van der Waals surface area (Å²) in [4.78, 5) is 16.2. The van der Waals surface area contributed by atoms with Crippen LogP contribution in [0.4, 0.5) is 0 Å². The fourth-order valence-electron chi connectivity index (χ4n) is 2.25. The fourth-order valence-corrected chi connectivity index (χ4v) is 2.52. The van der Waals surface area contributed by atoms with Gasteiger partial charge < -0.3 is 14.8 Å². The largest absolute Gasteiger partial charge is 0.490 e. The summed E-state index contributed by atoms with van der Waals surface area (Å²) >= 11 is 11.7. The Kier molecular flexibility index (Phi) is 6.91. The zero-order chi connectivity index (χ0) is 18.4. The van der Waals surface area contributed by atoms with Crippen LogP contribution in [0.15, 0.2) is 30.5 Å². The molecule has 0 fully saturated rings. The topological polar surface area (TPSA) is 60.5 Å². The van der Waals surface area contributed by atoms with Gasteiger partial charge in [-0.05, 0) is 44.5 Å². The van der Waals surface area contributed by atoms with Crippen molar-refractivity contribution in [3.8, 4) is 11.5 Å². The molecule has 1 aromatic carbocycles. The minimum absolute atomic E-state index is 0.166. The molecule has 134 valence electrons. The number of halogens is 2. The van der Waals surface area contributed by atoms with Crippen molar-refractivity contribution in [1.82, 2.24) is 10.3 Å². The highest BCUT2D eigenvalue weighted by Crippen LogP contribution is 2.31. The second kappa shape index (κ2) is 8.92. The highest BCUT2D eigenvalue weighted by atomic mass is 35.5. The van der Waals surface area contributed by atoms with Crippen molar-refractivity contribution in [2.24, 2.45) is 0 Å². The highest BCUT2D eigenvalue weighted by molar-refractivity contribution is 6.41. The zero-order valence-corrected chi connectivity index (χ0v) is 15.8. The molecule has 7 heteroatoms. The van der Waals surface area contributed by atoms with Gasteiger partial charge >= 0.3 is 0 Å². The SMILES string of the molecule is CCOc1ccc([C@@H](C)NC(=O)c2cnc(Cl)c(Cl)c2)cc1OCC. The van der Waals surface area contributed by atoms with Crippen LogP contribution in [0.1, 0.15) is 42.7 Å². The first-order chi connectivity index (χ1) is 12.0. The number of pyridine rings is 1. The zero-order valence-electron chi connectivity index (χ0n) is 14.3. The molecule has 2 rings (SSSR count). The van der Waals surface area contributed by atoms with Crippen molar-refractivity contribution in [3.05, 3.63) is 51.8 Å². The van der Waals surface area contributed by atoms with Crippen molar-refractivity contribution >= 4 is 29.1 Å². The minimum atomic E-state index is -0.287. The van der Waals surface area contributed by atoms with Gasteiger partial charge in [-0.3, -0.25) is 4.79 Å². The predicted octanol–water partition coefficient (Wildman–Crippen LogP) is 4.68. The number of nitrogens with zero attached hydrogens (tertiary/aromatic N) is 1. The van der Waals surface area contributed by atoms with E-state index in [0.29, 0.717) is 30.3 Å². The third-order valence-corrected chi connectivity index (χ3v) is 4.16. The van der Waals surface area contributed by atoms with Crippen molar-refractivity contribution in [2.45, 2.75) is 26.8 Å². The Morgan fingerprint density at radius 2 is 1.84 bits per heavy atom. The average molecular weight is 383 g/mol. The maximum absolute atomic E-state index is 12.4. The summed E-state index contributed by atoms with van der Waals surface area (Å²) in [5.74, 6) is 1.05. The van der Waals surface area contributed by atoms with Crippen LogP contribution in [0.3, 0.4) is 0 Å². The number of hydrogen-bond donors (Lipinski definition) is 1. The van der Waals surface area contributed by atoms with E-state index >= 15 is 0 Å². The molecule has 1 aromatic heterocycles. The predicted molar refractivity (Wildman–Crippen MR) is 98.9 cm³/mol. The first-order valence-electron chi connectivity index (χ1n) is 7.97. The molecule has 0 saturated carbocycles. The van der Waals surface area contributed by atoms with E-state index in [-0.39, 0.29) is 22.1 Å². The second-order valence-corrected chi connectivity index (χ2v) is 6.03. The summed E-state index contributed by atoms with van der Waals surface area (Å²) in [6, 6.07) is 6.85. The van der Waals surface area contributed by atoms with E-state index in [0.717, 1.165) is 5.56 Å². The highest BCUT2D eigenvalue weighted by Gasteiger charge is 2.15. The molecule has 0 bridgehead atoms. The second-order valence-electron chi connectivity index (χ2n) is 5.26. The molecule has 5 nitrogen and oxygen atoms in total. The van der Waals surface area contributed by atoms with Crippen LogP contribution in [0.2, 0.25) is 10.2 Å². The van der Waals surface area contributed by atoms with Gasteiger partial charge in [0.15, 0.2) is 11.5 Å². The maximum atomic E-state index is 12.4. The van der Waals surface area contributed by atoms with Crippen LogP contribution >= 0.6 is 23.2 Å². The number of carbonyl (C=O) groups excluding carboxylic acids is 1. The number of benzene rings is 1. The van der Waals surface area contributed by atoms with E-state index in [1.165, 1.54) is 12.3 Å². The van der Waals surface area contributed by atoms with Crippen LogP contribution < -0.4 is 14.8 Å². The van der Waals surface area contributed by atoms with Crippen molar-refractivity contribution in [1.29, 1.82) is 0 Å². The van der Waals surface area contributed by atoms with Crippen LogP contribution in [0, 0.1) is 0 Å². The molecular formula is C18H20Cl2N2O3. The lowest BCUT2D eigenvalue weighted by Gasteiger charge is -2.17. The molecule has 1 heterocycles. The summed E-state index contributed by atoms with van der Waals surface area (Å²) in [6.07, 6.45) is 1.39. The third-order valence-electron chi connectivity index (χ3n) is 3.47. The molecule has 25 heavy (non-hydrogen) atoms. The van der Waals surface area contributed by atoms with Gasteiger partial charge in [-0.1, -0.05) is 29.3 Å². The monoisotopic (exact) mass is 382 g/mol. The summed E-state index contributed by atoms with van der Waals surface area (Å²) < 4.78 is 11.2. The maximum Gasteiger partial charge on any atom is 0.253 e. The normalized spacial score (nSPS) is 11.7. The van der Waals surface area contributed by atoms with E-state index in [2.05, 4.69) is 10.3 Å². The molecule has 0 aliphatic rings. The van der Waals surface area contributed by atoms with E-state index in [1.54, 1.807) is 0 Å². The summed E-state index contributed by atoms with van der Waals surface area (Å²) in [5, 5.41) is 3.31. The Labute approximate surface area is 157 Å². The number of hydrogen-bond acceptors (Lipinski definition) is 4. The minimum Gasteiger partial charge on any atom is -0.490 e. The Hall–Kier alpha value is -1.98. The van der Waals surface area contributed by atoms with Crippen molar-refractivity contribution in [3.63, 3.8) is 0 Å². The van der Waals surface area contributed by atoms with Gasteiger partial charge in [0.05, 0.1) is 29.8 Å². The van der Waals surface area contributed by atoms with Crippen molar-refractivity contribution in [2.75, 3.05) is 13.2 Å². The van der Waals surface area contributed by atoms with Crippen LogP contribution in [-0.4, -0.2) is 24.1 Å². The van der Waals surface area contributed by atoms with E-state index in [4.69, 9.17) is 32.7 Å². The third kappa shape index (κ3) is 5.00. The average Bonchev–Trinajstić information content (AvgIpc) is 2.59. The van der Waals surface area contributed by atoms with Crippen LogP contribution in [-0.2, 0) is 0 Å². The van der Waals surface area contributed by atoms with Gasteiger partial charge in [0.1, 0.15) is 5.15 Å². The smallest absolute Gasteiger partial charge is 0.253 e. The van der Waals surface area contributed by atoms with Gasteiger partial charge in [-0.2, -0.15) is 0 Å². The Bertz CT molecular complexity index is 753. The van der Waals surface area contributed by atoms with Gasteiger partial charge in [0.2, 0.25) is 0 Å². The Balaban J connectivity index is 2.16. The molecule has 2 aromatic rings. The molecular weight excluding hydrogens is 363 g/mol.